The van der Waals surface area contributed by atoms with E-state index in [2.05, 4.69) is 5.16 Å². The van der Waals surface area contributed by atoms with Gasteiger partial charge < -0.3 is 14.0 Å². The van der Waals surface area contributed by atoms with Gasteiger partial charge in [-0.2, -0.15) is 0 Å². The summed E-state index contributed by atoms with van der Waals surface area (Å²) in [4.78, 5) is 11.8. The van der Waals surface area contributed by atoms with E-state index in [1.807, 2.05) is 50.2 Å². The molecule has 1 heterocycles. The minimum atomic E-state index is -0.343. The summed E-state index contributed by atoms with van der Waals surface area (Å²) in [6, 6.07) is 18.5. The third-order valence-electron chi connectivity index (χ3n) is 3.44. The fraction of sp³-hybridized carbons (Fsp3) is 0.200. The van der Waals surface area contributed by atoms with Crippen LogP contribution in [0.25, 0.3) is 11.3 Å². The van der Waals surface area contributed by atoms with E-state index in [0.29, 0.717) is 17.1 Å². The maximum absolute atomic E-state index is 11.8. The van der Waals surface area contributed by atoms with Gasteiger partial charge in [0.05, 0.1) is 11.7 Å². The van der Waals surface area contributed by atoms with E-state index >= 15 is 0 Å². The summed E-state index contributed by atoms with van der Waals surface area (Å²) in [7, 11) is 0. The summed E-state index contributed by atoms with van der Waals surface area (Å²) in [5.41, 5.74) is 2.25. The number of ether oxygens (including phenoxy) is 2. The molecular formula is C20H19NO4. The predicted octanol–water partition coefficient (Wildman–Crippen LogP) is 4.49. The molecule has 0 saturated heterocycles. The molecule has 0 amide bonds. The largest absolute Gasteiger partial charge is 0.486 e. The van der Waals surface area contributed by atoms with Crippen molar-refractivity contribution in [3.8, 4) is 17.0 Å². The number of esters is 1. The maximum atomic E-state index is 11.8. The standard InChI is InChI=1S/C20H19NO4/c1-14(2)24-20(22)16-8-10-17(11-9-16)23-13-18-12-19(21-25-18)15-6-4-3-5-7-15/h3-12,14H,13H2,1-2H3. The van der Waals surface area contributed by atoms with Crippen molar-refractivity contribution in [2.24, 2.45) is 0 Å². The van der Waals surface area contributed by atoms with Gasteiger partial charge in [-0.05, 0) is 38.1 Å². The van der Waals surface area contributed by atoms with Crippen molar-refractivity contribution in [1.82, 2.24) is 5.16 Å². The highest BCUT2D eigenvalue weighted by molar-refractivity contribution is 5.89. The number of benzene rings is 2. The third-order valence-corrected chi connectivity index (χ3v) is 3.44. The van der Waals surface area contributed by atoms with Gasteiger partial charge in [0, 0.05) is 11.6 Å². The van der Waals surface area contributed by atoms with Crippen LogP contribution in [-0.4, -0.2) is 17.2 Å². The summed E-state index contributed by atoms with van der Waals surface area (Å²) >= 11 is 0. The molecule has 0 unspecified atom stereocenters. The Balaban J connectivity index is 1.59. The lowest BCUT2D eigenvalue weighted by Crippen LogP contribution is -2.11. The first-order valence-corrected chi connectivity index (χ1v) is 8.06. The number of carbonyl (C=O) groups is 1. The van der Waals surface area contributed by atoms with Crippen molar-refractivity contribution in [1.29, 1.82) is 0 Å². The molecule has 3 aromatic rings. The number of aromatic nitrogens is 1. The van der Waals surface area contributed by atoms with Crippen LogP contribution in [0.2, 0.25) is 0 Å². The van der Waals surface area contributed by atoms with Crippen LogP contribution < -0.4 is 4.74 Å². The first-order chi connectivity index (χ1) is 12.1. The molecule has 5 nitrogen and oxygen atoms in total. The van der Waals surface area contributed by atoms with Crippen LogP contribution >= 0.6 is 0 Å². The van der Waals surface area contributed by atoms with Crippen LogP contribution in [0, 0.1) is 0 Å². The third kappa shape index (κ3) is 4.47. The minimum absolute atomic E-state index is 0.145. The van der Waals surface area contributed by atoms with Crippen LogP contribution in [0.4, 0.5) is 0 Å². The van der Waals surface area contributed by atoms with Gasteiger partial charge >= 0.3 is 5.97 Å². The predicted molar refractivity (Wildman–Crippen MR) is 93.3 cm³/mol. The zero-order valence-corrected chi connectivity index (χ0v) is 14.1. The van der Waals surface area contributed by atoms with Crippen LogP contribution in [0.15, 0.2) is 65.2 Å². The molecule has 3 rings (SSSR count). The first-order valence-electron chi connectivity index (χ1n) is 8.06. The van der Waals surface area contributed by atoms with E-state index in [1.54, 1.807) is 24.3 Å². The number of hydrogen-bond donors (Lipinski definition) is 0. The minimum Gasteiger partial charge on any atom is -0.486 e. The fourth-order valence-corrected chi connectivity index (χ4v) is 2.25. The SMILES string of the molecule is CC(C)OC(=O)c1ccc(OCc2cc(-c3ccccc3)no2)cc1. The molecule has 0 aliphatic carbocycles. The van der Waals surface area contributed by atoms with Gasteiger partial charge in [-0.25, -0.2) is 4.79 Å². The van der Waals surface area contributed by atoms with Gasteiger partial charge in [0.2, 0.25) is 0 Å². The van der Waals surface area contributed by atoms with Gasteiger partial charge in [0.25, 0.3) is 0 Å². The van der Waals surface area contributed by atoms with Crippen LogP contribution in [0.5, 0.6) is 5.75 Å². The Morgan fingerprint density at radius 3 is 2.48 bits per heavy atom. The smallest absolute Gasteiger partial charge is 0.338 e. The second kappa shape index (κ2) is 7.66. The van der Waals surface area contributed by atoms with Gasteiger partial charge in [0.1, 0.15) is 18.1 Å². The monoisotopic (exact) mass is 337 g/mol. The molecule has 128 valence electrons. The molecule has 0 saturated carbocycles. The molecule has 0 radical (unpaired) electrons. The quantitative estimate of drug-likeness (QED) is 0.620. The zero-order chi connectivity index (χ0) is 17.6. The van der Waals surface area contributed by atoms with Crippen molar-refractivity contribution in [3.05, 3.63) is 72.0 Å². The van der Waals surface area contributed by atoms with Gasteiger partial charge in [-0.1, -0.05) is 35.5 Å². The molecule has 5 heteroatoms. The van der Waals surface area contributed by atoms with Gasteiger partial charge in [-0.15, -0.1) is 0 Å². The Bertz CT molecular complexity index is 822. The fourth-order valence-electron chi connectivity index (χ4n) is 2.25. The van der Waals surface area contributed by atoms with E-state index < -0.39 is 0 Å². The Morgan fingerprint density at radius 1 is 1.08 bits per heavy atom. The van der Waals surface area contributed by atoms with E-state index in [4.69, 9.17) is 14.0 Å². The van der Waals surface area contributed by atoms with E-state index in [0.717, 1.165) is 11.3 Å². The van der Waals surface area contributed by atoms with Crippen molar-refractivity contribution in [2.75, 3.05) is 0 Å². The molecule has 0 aliphatic heterocycles. The summed E-state index contributed by atoms with van der Waals surface area (Å²) in [6.45, 7) is 3.89. The van der Waals surface area contributed by atoms with Gasteiger partial charge in [-0.3, -0.25) is 0 Å². The molecule has 0 fully saturated rings. The highest BCUT2D eigenvalue weighted by Crippen LogP contribution is 2.20. The average molecular weight is 337 g/mol. The van der Waals surface area contributed by atoms with Gasteiger partial charge in [0.15, 0.2) is 5.76 Å². The topological polar surface area (TPSA) is 61.6 Å². The van der Waals surface area contributed by atoms with Crippen molar-refractivity contribution in [3.63, 3.8) is 0 Å². The Labute approximate surface area is 146 Å². The van der Waals surface area contributed by atoms with E-state index in [-0.39, 0.29) is 18.7 Å². The number of carbonyl (C=O) groups excluding carboxylic acids is 1. The number of nitrogens with zero attached hydrogens (tertiary/aromatic N) is 1. The summed E-state index contributed by atoms with van der Waals surface area (Å²) in [5, 5.41) is 4.05. The number of rotatable bonds is 6. The Morgan fingerprint density at radius 2 is 1.80 bits per heavy atom. The summed E-state index contributed by atoms with van der Waals surface area (Å²) in [5.74, 6) is 0.921. The van der Waals surface area contributed by atoms with Crippen LogP contribution in [-0.2, 0) is 11.3 Å². The van der Waals surface area contributed by atoms with Crippen LogP contribution in [0.1, 0.15) is 30.0 Å². The average Bonchev–Trinajstić information content (AvgIpc) is 3.10. The molecule has 25 heavy (non-hydrogen) atoms. The summed E-state index contributed by atoms with van der Waals surface area (Å²) < 4.78 is 16.1. The molecular weight excluding hydrogens is 318 g/mol. The normalized spacial score (nSPS) is 10.7. The lowest BCUT2D eigenvalue weighted by molar-refractivity contribution is 0.0378. The molecule has 1 aromatic heterocycles. The first kappa shape index (κ1) is 16.8. The maximum Gasteiger partial charge on any atom is 0.338 e. The molecule has 0 N–H and O–H groups in total. The molecule has 0 bridgehead atoms. The van der Waals surface area contributed by atoms with Crippen molar-refractivity contribution in [2.45, 2.75) is 26.6 Å². The number of hydrogen-bond acceptors (Lipinski definition) is 5. The highest BCUT2D eigenvalue weighted by Gasteiger charge is 2.10. The molecule has 0 spiro atoms. The van der Waals surface area contributed by atoms with Crippen molar-refractivity contribution >= 4 is 5.97 Å². The molecule has 2 aromatic carbocycles. The molecule has 0 aliphatic rings. The van der Waals surface area contributed by atoms with E-state index in [9.17, 15) is 4.79 Å². The summed E-state index contributed by atoms with van der Waals surface area (Å²) in [6.07, 6.45) is -0.145. The Hall–Kier alpha value is -3.08. The lowest BCUT2D eigenvalue weighted by Gasteiger charge is -2.08. The Kier molecular flexibility index (Phi) is 5.14. The van der Waals surface area contributed by atoms with Crippen LogP contribution in [0.3, 0.4) is 0 Å². The van der Waals surface area contributed by atoms with Crippen molar-refractivity contribution < 1.29 is 18.8 Å². The second-order valence-electron chi connectivity index (χ2n) is 5.81. The lowest BCUT2D eigenvalue weighted by atomic mass is 10.1. The highest BCUT2D eigenvalue weighted by atomic mass is 16.5. The zero-order valence-electron chi connectivity index (χ0n) is 14.1. The van der Waals surface area contributed by atoms with E-state index in [1.165, 1.54) is 0 Å². The second-order valence-corrected chi connectivity index (χ2v) is 5.81. The molecule has 0 atom stereocenters.